The van der Waals surface area contributed by atoms with Gasteiger partial charge in [-0.1, -0.05) is 26.8 Å². The highest BCUT2D eigenvalue weighted by molar-refractivity contribution is 5.90. The Balaban J connectivity index is 2.08. The molecule has 0 aliphatic heterocycles. The van der Waals surface area contributed by atoms with Gasteiger partial charge >= 0.3 is 5.97 Å². The largest absolute Gasteiger partial charge is 0.465 e. The highest BCUT2D eigenvalue weighted by Crippen LogP contribution is 2.33. The zero-order chi connectivity index (χ0) is 18.9. The molecule has 6 nitrogen and oxygen atoms in total. The molecule has 0 aliphatic rings. The number of aromatic nitrogens is 2. The summed E-state index contributed by atoms with van der Waals surface area (Å²) in [6.45, 7) is 8.32. The zero-order valence-corrected chi connectivity index (χ0v) is 15.6. The molecule has 6 heteroatoms. The Morgan fingerprint density at radius 1 is 1.15 bits per heavy atom. The quantitative estimate of drug-likeness (QED) is 0.485. The number of aryl methyl sites for hydroxylation is 1. The van der Waals surface area contributed by atoms with E-state index in [0.29, 0.717) is 17.1 Å². The molecule has 0 saturated carbocycles. The van der Waals surface area contributed by atoms with Crippen molar-refractivity contribution < 1.29 is 9.53 Å². The lowest BCUT2D eigenvalue weighted by molar-refractivity contribution is 0.0601. The standard InChI is InChI=1S/C20H22N4O2/c1-13-9-10-24-16(11-13)21-17(20(2,3)4)18(24)23-22-15-8-6-7-14(12-15)19(25)26-5/h6-12H,1-5H3. The van der Waals surface area contributed by atoms with Gasteiger partial charge in [0, 0.05) is 11.6 Å². The average molecular weight is 350 g/mol. The second-order valence-corrected chi connectivity index (χ2v) is 7.21. The highest BCUT2D eigenvalue weighted by atomic mass is 16.5. The van der Waals surface area contributed by atoms with E-state index in [0.717, 1.165) is 16.9 Å². The minimum Gasteiger partial charge on any atom is -0.465 e. The summed E-state index contributed by atoms with van der Waals surface area (Å²) >= 11 is 0. The number of methoxy groups -OCH3 is 1. The van der Waals surface area contributed by atoms with Crippen LogP contribution in [0.3, 0.4) is 0 Å². The molecule has 0 aliphatic carbocycles. The number of hydrogen-bond acceptors (Lipinski definition) is 5. The molecule has 2 heterocycles. The van der Waals surface area contributed by atoms with E-state index in [1.54, 1.807) is 24.3 Å². The van der Waals surface area contributed by atoms with Gasteiger partial charge in [0.05, 0.1) is 24.1 Å². The van der Waals surface area contributed by atoms with E-state index in [4.69, 9.17) is 9.72 Å². The predicted molar refractivity (Wildman–Crippen MR) is 101 cm³/mol. The lowest BCUT2D eigenvalue weighted by Crippen LogP contribution is -2.11. The van der Waals surface area contributed by atoms with E-state index in [2.05, 4.69) is 31.0 Å². The van der Waals surface area contributed by atoms with Crippen molar-refractivity contribution in [3.8, 4) is 0 Å². The van der Waals surface area contributed by atoms with Crippen LogP contribution in [0.4, 0.5) is 11.5 Å². The summed E-state index contributed by atoms with van der Waals surface area (Å²) in [6.07, 6.45) is 1.95. The molecule has 0 bridgehead atoms. The number of benzene rings is 1. The minimum atomic E-state index is -0.400. The maximum absolute atomic E-state index is 11.7. The van der Waals surface area contributed by atoms with Crippen molar-refractivity contribution in [1.29, 1.82) is 0 Å². The Bertz CT molecular complexity index is 997. The Morgan fingerprint density at radius 3 is 2.62 bits per heavy atom. The van der Waals surface area contributed by atoms with E-state index >= 15 is 0 Å². The smallest absolute Gasteiger partial charge is 0.337 e. The molecule has 1 aromatic carbocycles. The first-order chi connectivity index (χ1) is 12.3. The van der Waals surface area contributed by atoms with E-state index < -0.39 is 5.97 Å². The van der Waals surface area contributed by atoms with Crippen molar-refractivity contribution in [2.45, 2.75) is 33.1 Å². The van der Waals surface area contributed by atoms with E-state index in [1.165, 1.54) is 7.11 Å². The lowest BCUT2D eigenvalue weighted by atomic mass is 9.92. The van der Waals surface area contributed by atoms with Crippen molar-refractivity contribution >= 4 is 23.1 Å². The van der Waals surface area contributed by atoms with Gasteiger partial charge in [0.2, 0.25) is 0 Å². The van der Waals surface area contributed by atoms with Gasteiger partial charge in [-0.2, -0.15) is 0 Å². The van der Waals surface area contributed by atoms with Gasteiger partial charge in [0.1, 0.15) is 5.65 Å². The topological polar surface area (TPSA) is 68.3 Å². The predicted octanol–water partition coefficient (Wildman–Crippen LogP) is 5.14. The summed E-state index contributed by atoms with van der Waals surface area (Å²) in [6, 6.07) is 10.9. The number of carbonyl (C=O) groups is 1. The molecule has 0 amide bonds. The summed E-state index contributed by atoms with van der Waals surface area (Å²) in [5.41, 5.74) is 3.69. The summed E-state index contributed by atoms with van der Waals surface area (Å²) in [5, 5.41) is 8.79. The number of ether oxygens (including phenoxy) is 1. The first kappa shape index (κ1) is 17.8. The molecule has 0 N–H and O–H groups in total. The molecule has 2 aromatic heterocycles. The Kier molecular flexibility index (Phi) is 4.59. The summed E-state index contributed by atoms with van der Waals surface area (Å²) < 4.78 is 6.68. The van der Waals surface area contributed by atoms with Crippen molar-refractivity contribution in [2.24, 2.45) is 10.2 Å². The van der Waals surface area contributed by atoms with Gasteiger partial charge < -0.3 is 4.74 Å². The third kappa shape index (κ3) is 3.49. The monoisotopic (exact) mass is 350 g/mol. The van der Waals surface area contributed by atoms with Crippen LogP contribution >= 0.6 is 0 Å². The third-order valence-corrected chi connectivity index (χ3v) is 3.99. The van der Waals surface area contributed by atoms with Crippen LogP contribution in [0.2, 0.25) is 0 Å². The maximum Gasteiger partial charge on any atom is 0.337 e. The van der Waals surface area contributed by atoms with Crippen LogP contribution in [0.15, 0.2) is 52.8 Å². The first-order valence-corrected chi connectivity index (χ1v) is 8.39. The van der Waals surface area contributed by atoms with Crippen LogP contribution < -0.4 is 0 Å². The van der Waals surface area contributed by atoms with Gasteiger partial charge in [-0.15, -0.1) is 10.2 Å². The fraction of sp³-hybridized carbons (Fsp3) is 0.300. The van der Waals surface area contributed by atoms with Crippen LogP contribution in [-0.2, 0) is 10.2 Å². The molecular weight excluding hydrogens is 328 g/mol. The van der Waals surface area contributed by atoms with Gasteiger partial charge in [-0.25, -0.2) is 9.78 Å². The fourth-order valence-corrected chi connectivity index (χ4v) is 2.65. The molecule has 26 heavy (non-hydrogen) atoms. The second kappa shape index (κ2) is 6.71. The van der Waals surface area contributed by atoms with E-state index in [9.17, 15) is 4.79 Å². The van der Waals surface area contributed by atoms with E-state index in [-0.39, 0.29) is 5.41 Å². The van der Waals surface area contributed by atoms with Gasteiger partial charge in [-0.05, 0) is 42.8 Å². The normalized spacial score (nSPS) is 12.0. The Hall–Kier alpha value is -3.02. The number of azo groups is 1. The zero-order valence-electron chi connectivity index (χ0n) is 15.6. The van der Waals surface area contributed by atoms with E-state index in [1.807, 2.05) is 29.7 Å². The molecule has 0 fully saturated rings. The first-order valence-electron chi connectivity index (χ1n) is 8.39. The van der Waals surface area contributed by atoms with Crippen molar-refractivity contribution in [2.75, 3.05) is 7.11 Å². The molecule has 0 atom stereocenters. The molecule has 0 saturated heterocycles. The summed E-state index contributed by atoms with van der Waals surface area (Å²) in [4.78, 5) is 16.4. The van der Waals surface area contributed by atoms with Crippen LogP contribution in [0, 0.1) is 6.92 Å². The number of rotatable bonds is 3. The number of hydrogen-bond donors (Lipinski definition) is 0. The minimum absolute atomic E-state index is 0.178. The van der Waals surface area contributed by atoms with Crippen molar-refractivity contribution in [3.63, 3.8) is 0 Å². The molecule has 0 radical (unpaired) electrons. The highest BCUT2D eigenvalue weighted by Gasteiger charge is 2.24. The number of imidazole rings is 1. The van der Waals surface area contributed by atoms with Gasteiger partial charge in [-0.3, -0.25) is 4.40 Å². The molecular formula is C20H22N4O2. The molecule has 3 rings (SSSR count). The van der Waals surface area contributed by atoms with Crippen molar-refractivity contribution in [1.82, 2.24) is 9.38 Å². The van der Waals surface area contributed by atoms with Gasteiger partial charge in [0.25, 0.3) is 0 Å². The Morgan fingerprint density at radius 2 is 1.92 bits per heavy atom. The van der Waals surface area contributed by atoms with Crippen LogP contribution in [0.5, 0.6) is 0 Å². The number of carbonyl (C=O) groups excluding carboxylic acids is 1. The van der Waals surface area contributed by atoms with Crippen LogP contribution in [0.1, 0.15) is 42.4 Å². The molecule has 0 spiro atoms. The van der Waals surface area contributed by atoms with Crippen LogP contribution in [0.25, 0.3) is 5.65 Å². The van der Waals surface area contributed by atoms with Gasteiger partial charge in [0.15, 0.2) is 5.82 Å². The van der Waals surface area contributed by atoms with Crippen molar-refractivity contribution in [3.05, 3.63) is 59.4 Å². The second-order valence-electron chi connectivity index (χ2n) is 7.21. The molecule has 134 valence electrons. The number of nitrogens with zero attached hydrogens (tertiary/aromatic N) is 4. The molecule has 0 unspecified atom stereocenters. The Labute approximate surface area is 152 Å². The number of pyridine rings is 1. The summed E-state index contributed by atoms with van der Waals surface area (Å²) in [7, 11) is 1.35. The average Bonchev–Trinajstić information content (AvgIpc) is 2.97. The summed E-state index contributed by atoms with van der Waals surface area (Å²) in [5.74, 6) is 0.290. The SMILES string of the molecule is COC(=O)c1cccc(N=Nc2c(C(C)(C)C)nc3cc(C)ccn23)c1. The molecule has 3 aromatic rings. The lowest BCUT2D eigenvalue weighted by Gasteiger charge is -2.15. The van der Waals surface area contributed by atoms with Crippen LogP contribution in [-0.4, -0.2) is 22.5 Å². The third-order valence-electron chi connectivity index (χ3n) is 3.99. The fourth-order valence-electron chi connectivity index (χ4n) is 2.65. The number of fused-ring (bicyclic) bond motifs is 1. The number of esters is 1. The maximum atomic E-state index is 11.7.